The molecule has 104 valence electrons. The third-order valence-electron chi connectivity index (χ3n) is 3.55. The highest BCUT2D eigenvalue weighted by molar-refractivity contribution is 5.43. The molecular formula is C13H20N4O2. The van der Waals surface area contributed by atoms with Gasteiger partial charge in [0.25, 0.3) is 0 Å². The summed E-state index contributed by atoms with van der Waals surface area (Å²) in [7, 11) is 0. The molecule has 1 aliphatic rings. The molecule has 1 unspecified atom stereocenters. The van der Waals surface area contributed by atoms with Crippen molar-refractivity contribution < 1.29 is 4.92 Å². The Kier molecular flexibility index (Phi) is 4.68. The van der Waals surface area contributed by atoms with Crippen LogP contribution in [-0.2, 0) is 0 Å². The molecule has 19 heavy (non-hydrogen) atoms. The van der Waals surface area contributed by atoms with E-state index in [2.05, 4.69) is 22.1 Å². The molecule has 0 radical (unpaired) electrons. The maximum Gasteiger partial charge on any atom is 0.363 e. The molecule has 1 N–H and O–H groups in total. The van der Waals surface area contributed by atoms with Gasteiger partial charge in [0, 0.05) is 18.7 Å². The minimum atomic E-state index is -0.486. The van der Waals surface area contributed by atoms with Crippen LogP contribution in [0.4, 0.5) is 11.5 Å². The Morgan fingerprint density at radius 3 is 2.74 bits per heavy atom. The van der Waals surface area contributed by atoms with Crippen molar-refractivity contribution in [2.75, 3.05) is 25.0 Å². The van der Waals surface area contributed by atoms with E-state index in [1.807, 2.05) is 0 Å². The van der Waals surface area contributed by atoms with Gasteiger partial charge in [-0.05, 0) is 48.8 Å². The summed E-state index contributed by atoms with van der Waals surface area (Å²) in [6.07, 6.45) is 5.41. The molecule has 6 heteroatoms. The number of anilines is 1. The minimum Gasteiger partial charge on any atom is -0.380 e. The standard InChI is InChI=1S/C13H20N4O2/c1-11(16-7-3-2-4-8-16)9-14-12-5-6-13(15-10-12)17(18)19/h5-6,10-11,14H,2-4,7-9H2,1H3. The van der Waals surface area contributed by atoms with Crippen LogP contribution < -0.4 is 5.32 Å². The van der Waals surface area contributed by atoms with E-state index in [0.717, 1.165) is 12.2 Å². The van der Waals surface area contributed by atoms with Crippen LogP contribution in [0.15, 0.2) is 18.3 Å². The Labute approximate surface area is 113 Å². The molecule has 1 aromatic rings. The lowest BCUT2D eigenvalue weighted by Gasteiger charge is -2.32. The van der Waals surface area contributed by atoms with Crippen molar-refractivity contribution in [1.29, 1.82) is 0 Å². The fraction of sp³-hybridized carbons (Fsp3) is 0.615. The van der Waals surface area contributed by atoms with Crippen molar-refractivity contribution >= 4 is 11.5 Å². The molecule has 6 nitrogen and oxygen atoms in total. The van der Waals surface area contributed by atoms with E-state index >= 15 is 0 Å². The van der Waals surface area contributed by atoms with E-state index in [1.54, 1.807) is 6.07 Å². The first kappa shape index (κ1) is 13.7. The highest BCUT2D eigenvalue weighted by Crippen LogP contribution is 2.14. The van der Waals surface area contributed by atoms with E-state index in [-0.39, 0.29) is 5.82 Å². The lowest BCUT2D eigenvalue weighted by molar-refractivity contribution is -0.389. The second-order valence-corrected chi connectivity index (χ2v) is 4.99. The van der Waals surface area contributed by atoms with Gasteiger partial charge < -0.3 is 15.4 Å². The van der Waals surface area contributed by atoms with Gasteiger partial charge >= 0.3 is 5.82 Å². The van der Waals surface area contributed by atoms with E-state index in [1.165, 1.54) is 44.6 Å². The molecule has 1 aromatic heterocycles. The minimum absolute atomic E-state index is 0.116. The molecule has 0 saturated carbocycles. The zero-order valence-electron chi connectivity index (χ0n) is 11.2. The van der Waals surface area contributed by atoms with Crippen molar-refractivity contribution in [2.24, 2.45) is 0 Å². The summed E-state index contributed by atoms with van der Waals surface area (Å²) >= 11 is 0. The van der Waals surface area contributed by atoms with Crippen molar-refractivity contribution in [3.05, 3.63) is 28.4 Å². The Morgan fingerprint density at radius 2 is 2.16 bits per heavy atom. The molecule has 2 rings (SSSR count). The van der Waals surface area contributed by atoms with E-state index in [4.69, 9.17) is 0 Å². The van der Waals surface area contributed by atoms with E-state index in [0.29, 0.717) is 6.04 Å². The number of rotatable bonds is 5. The summed E-state index contributed by atoms with van der Waals surface area (Å²) in [5, 5.41) is 13.8. The highest BCUT2D eigenvalue weighted by Gasteiger charge is 2.16. The molecule has 0 aromatic carbocycles. The fourth-order valence-corrected chi connectivity index (χ4v) is 2.35. The van der Waals surface area contributed by atoms with E-state index < -0.39 is 4.92 Å². The number of nitrogens with one attached hydrogen (secondary N) is 1. The average Bonchev–Trinajstić information content (AvgIpc) is 2.46. The van der Waals surface area contributed by atoms with Gasteiger partial charge in [-0.2, -0.15) is 0 Å². The van der Waals surface area contributed by atoms with Gasteiger partial charge in [-0.3, -0.25) is 4.90 Å². The summed E-state index contributed by atoms with van der Waals surface area (Å²) in [4.78, 5) is 16.3. The van der Waals surface area contributed by atoms with Crippen LogP contribution in [0.3, 0.4) is 0 Å². The molecule has 1 aliphatic heterocycles. The molecule has 0 spiro atoms. The van der Waals surface area contributed by atoms with Crippen LogP contribution in [0, 0.1) is 10.1 Å². The number of aromatic nitrogens is 1. The van der Waals surface area contributed by atoms with Gasteiger partial charge in [-0.15, -0.1) is 0 Å². The third-order valence-corrected chi connectivity index (χ3v) is 3.55. The van der Waals surface area contributed by atoms with Crippen LogP contribution in [0.1, 0.15) is 26.2 Å². The largest absolute Gasteiger partial charge is 0.380 e. The summed E-state index contributed by atoms with van der Waals surface area (Å²) in [6, 6.07) is 3.59. The lowest BCUT2D eigenvalue weighted by atomic mass is 10.1. The summed E-state index contributed by atoms with van der Waals surface area (Å²) in [5.41, 5.74) is 0.828. The predicted octanol–water partition coefficient (Wildman–Crippen LogP) is 2.28. The first-order chi connectivity index (χ1) is 9.16. The van der Waals surface area contributed by atoms with Crippen LogP contribution in [0.2, 0.25) is 0 Å². The van der Waals surface area contributed by atoms with Gasteiger partial charge in [0.2, 0.25) is 0 Å². The SMILES string of the molecule is CC(CNc1ccc([N+](=O)[O-])nc1)N1CCCCC1. The van der Waals surface area contributed by atoms with Crippen LogP contribution in [0.5, 0.6) is 0 Å². The molecule has 1 saturated heterocycles. The van der Waals surface area contributed by atoms with Gasteiger partial charge in [0.15, 0.2) is 6.20 Å². The maximum atomic E-state index is 10.5. The second-order valence-electron chi connectivity index (χ2n) is 4.99. The number of nitrogens with zero attached hydrogens (tertiary/aromatic N) is 3. The molecule has 0 bridgehead atoms. The van der Waals surface area contributed by atoms with Gasteiger partial charge in [-0.1, -0.05) is 6.42 Å². The zero-order valence-corrected chi connectivity index (χ0v) is 11.2. The highest BCUT2D eigenvalue weighted by atomic mass is 16.6. The summed E-state index contributed by atoms with van der Waals surface area (Å²) in [6.45, 7) is 5.37. The van der Waals surface area contributed by atoms with Gasteiger partial charge in [0.1, 0.15) is 0 Å². The number of nitro groups is 1. The first-order valence-corrected chi connectivity index (χ1v) is 6.75. The lowest BCUT2D eigenvalue weighted by Crippen LogP contribution is -2.41. The number of hydrogen-bond donors (Lipinski definition) is 1. The topological polar surface area (TPSA) is 71.3 Å². The average molecular weight is 264 g/mol. The number of piperidine rings is 1. The van der Waals surface area contributed by atoms with Gasteiger partial charge in [-0.25, -0.2) is 0 Å². The summed E-state index contributed by atoms with van der Waals surface area (Å²) < 4.78 is 0. The molecule has 0 aliphatic carbocycles. The Morgan fingerprint density at radius 1 is 1.42 bits per heavy atom. The molecule has 1 fully saturated rings. The Hall–Kier alpha value is -1.69. The van der Waals surface area contributed by atoms with Crippen LogP contribution in [-0.4, -0.2) is 40.5 Å². The number of hydrogen-bond acceptors (Lipinski definition) is 5. The first-order valence-electron chi connectivity index (χ1n) is 6.75. The van der Waals surface area contributed by atoms with Gasteiger partial charge in [0.05, 0.1) is 5.69 Å². The maximum absolute atomic E-state index is 10.5. The van der Waals surface area contributed by atoms with Crippen molar-refractivity contribution in [2.45, 2.75) is 32.2 Å². The zero-order chi connectivity index (χ0) is 13.7. The van der Waals surface area contributed by atoms with Crippen molar-refractivity contribution in [1.82, 2.24) is 9.88 Å². The molecule has 0 amide bonds. The van der Waals surface area contributed by atoms with E-state index in [9.17, 15) is 10.1 Å². The van der Waals surface area contributed by atoms with Crippen molar-refractivity contribution in [3.8, 4) is 0 Å². The number of likely N-dealkylation sites (tertiary alicyclic amines) is 1. The predicted molar refractivity (Wildman–Crippen MR) is 74.3 cm³/mol. The van der Waals surface area contributed by atoms with Crippen molar-refractivity contribution in [3.63, 3.8) is 0 Å². The Balaban J connectivity index is 1.82. The second kappa shape index (κ2) is 6.47. The molecular weight excluding hydrogens is 244 g/mol. The Bertz CT molecular complexity index is 415. The van der Waals surface area contributed by atoms with Crippen LogP contribution >= 0.6 is 0 Å². The number of pyridine rings is 1. The normalized spacial score (nSPS) is 17.9. The smallest absolute Gasteiger partial charge is 0.363 e. The summed E-state index contributed by atoms with van der Waals surface area (Å²) in [5.74, 6) is -0.116. The van der Waals surface area contributed by atoms with Crippen LogP contribution in [0.25, 0.3) is 0 Å². The molecule has 2 heterocycles. The monoisotopic (exact) mass is 264 g/mol. The quantitative estimate of drug-likeness (QED) is 0.652. The fourth-order valence-electron chi connectivity index (χ4n) is 2.35. The molecule has 1 atom stereocenters. The third kappa shape index (κ3) is 3.89.